The van der Waals surface area contributed by atoms with Gasteiger partial charge in [-0.15, -0.1) is 0 Å². The van der Waals surface area contributed by atoms with Crippen LogP contribution in [-0.4, -0.2) is 67.1 Å². The molecule has 3 atom stereocenters. The van der Waals surface area contributed by atoms with Gasteiger partial charge in [0.25, 0.3) is 5.92 Å². The molecule has 0 radical (unpaired) electrons. The number of sulfone groups is 1. The molecule has 7 nitrogen and oxygen atoms in total. The van der Waals surface area contributed by atoms with Crippen molar-refractivity contribution in [1.82, 2.24) is 10.2 Å². The van der Waals surface area contributed by atoms with E-state index in [1.165, 1.54) is 12.1 Å². The Kier molecular flexibility index (Phi) is 7.19. The fourth-order valence-corrected chi connectivity index (χ4v) is 6.22. The van der Waals surface area contributed by atoms with Crippen molar-refractivity contribution in [2.75, 3.05) is 18.8 Å². The maximum absolute atomic E-state index is 13.6. The van der Waals surface area contributed by atoms with Crippen LogP contribution in [0, 0.1) is 0 Å². The topological polar surface area (TPSA) is 99.1 Å². The van der Waals surface area contributed by atoms with Gasteiger partial charge >= 0.3 is 5.97 Å². The largest absolute Gasteiger partial charge is 0.481 e. The maximum Gasteiger partial charge on any atom is 0.304 e. The summed E-state index contributed by atoms with van der Waals surface area (Å²) in [5, 5.41) is 13.4. The number of aliphatic carboxylic acids is 1. The first kappa shape index (κ1) is 25.9. The summed E-state index contributed by atoms with van der Waals surface area (Å²) in [6.07, 6.45) is 0.843. The number of benzene rings is 1. The molecule has 1 aliphatic carbocycles. The van der Waals surface area contributed by atoms with E-state index in [0.717, 1.165) is 0 Å². The van der Waals surface area contributed by atoms with Gasteiger partial charge in [-0.25, -0.2) is 17.2 Å². The molecule has 0 bridgehead atoms. The van der Waals surface area contributed by atoms with Gasteiger partial charge in [0.05, 0.1) is 44.8 Å². The summed E-state index contributed by atoms with van der Waals surface area (Å²) >= 11 is 13.2. The molecule has 190 valence electrons. The number of likely N-dealkylation sites (tertiary alicyclic amines) is 1. The van der Waals surface area contributed by atoms with Crippen LogP contribution in [-0.2, 0) is 14.6 Å². The van der Waals surface area contributed by atoms with Crippen molar-refractivity contribution in [3.63, 3.8) is 0 Å². The minimum Gasteiger partial charge on any atom is -0.481 e. The minimum absolute atomic E-state index is 0.0442. The van der Waals surface area contributed by atoms with Gasteiger partial charge in [-0.2, -0.15) is 0 Å². The van der Waals surface area contributed by atoms with Crippen LogP contribution in [0.15, 0.2) is 56.0 Å². The average molecular weight is 548 g/mol. The van der Waals surface area contributed by atoms with Gasteiger partial charge in [-0.3, -0.25) is 9.79 Å². The van der Waals surface area contributed by atoms with Crippen LogP contribution in [0.2, 0.25) is 0 Å². The normalized spacial score (nSPS) is 24.9. The average Bonchev–Trinajstić information content (AvgIpc) is 3.22. The van der Waals surface area contributed by atoms with Gasteiger partial charge in [0.2, 0.25) is 0 Å². The summed E-state index contributed by atoms with van der Waals surface area (Å²) in [4.78, 5) is 18.2. The molecule has 0 saturated carbocycles. The number of carbonyl (C=O) groups is 1. The minimum atomic E-state index is -3.40. The molecule has 35 heavy (non-hydrogen) atoms. The van der Waals surface area contributed by atoms with Crippen molar-refractivity contribution < 1.29 is 27.1 Å². The Labute approximate surface area is 212 Å². The number of alkyl halides is 2. The molecule has 2 aliphatic heterocycles. The molecule has 0 spiro atoms. The lowest BCUT2D eigenvalue weighted by molar-refractivity contribution is -0.137. The molecular weight excluding hydrogens is 523 g/mol. The van der Waals surface area contributed by atoms with Crippen LogP contribution in [0.4, 0.5) is 8.78 Å². The van der Waals surface area contributed by atoms with Crippen LogP contribution in [0.3, 0.4) is 0 Å². The zero-order valence-electron chi connectivity index (χ0n) is 18.8. The molecule has 2 N–H and O–H groups in total. The third-order valence-corrected chi connectivity index (χ3v) is 8.97. The second kappa shape index (κ2) is 9.71. The molecular formula is C23H25Cl2F2N3O4S. The summed E-state index contributed by atoms with van der Waals surface area (Å²) < 4.78 is 51.5. The first-order valence-electron chi connectivity index (χ1n) is 11.2. The number of amidine groups is 1. The first-order valence-corrected chi connectivity index (χ1v) is 13.6. The van der Waals surface area contributed by atoms with E-state index in [4.69, 9.17) is 23.2 Å². The Bertz CT molecular complexity index is 1210. The number of nitrogens with zero attached hydrogens (tertiary/aromatic N) is 2. The van der Waals surface area contributed by atoms with Crippen molar-refractivity contribution in [1.29, 1.82) is 0 Å². The predicted molar refractivity (Wildman–Crippen MR) is 130 cm³/mol. The van der Waals surface area contributed by atoms with E-state index in [2.05, 4.69) is 10.3 Å². The molecule has 0 amide bonds. The summed E-state index contributed by atoms with van der Waals surface area (Å²) in [5.74, 6) is -4.10. The van der Waals surface area contributed by atoms with Gasteiger partial charge in [0.15, 0.2) is 9.84 Å². The summed E-state index contributed by atoms with van der Waals surface area (Å²) in [6.45, 7) is 1.77. The van der Waals surface area contributed by atoms with Crippen LogP contribution in [0.5, 0.6) is 0 Å². The summed E-state index contributed by atoms with van der Waals surface area (Å²) in [7, 11) is -3.40. The zero-order chi connectivity index (χ0) is 25.5. The van der Waals surface area contributed by atoms with E-state index in [-0.39, 0.29) is 43.0 Å². The van der Waals surface area contributed by atoms with Crippen molar-refractivity contribution in [2.24, 2.45) is 4.99 Å². The highest BCUT2D eigenvalue weighted by molar-refractivity contribution is 7.91. The molecule has 3 unspecified atom stereocenters. The van der Waals surface area contributed by atoms with Gasteiger partial charge in [0.1, 0.15) is 11.9 Å². The highest BCUT2D eigenvalue weighted by atomic mass is 35.5. The molecule has 12 heteroatoms. The van der Waals surface area contributed by atoms with Crippen LogP contribution in [0.1, 0.15) is 37.7 Å². The highest BCUT2D eigenvalue weighted by Crippen LogP contribution is 2.40. The number of hydrogen-bond donors (Lipinski definition) is 2. The number of allylic oxidation sites excluding steroid dienone is 1. The Balaban J connectivity index is 1.64. The fraction of sp³-hybridized carbons (Fsp3) is 0.478. The third kappa shape index (κ3) is 5.34. The monoisotopic (exact) mass is 547 g/mol. The van der Waals surface area contributed by atoms with Gasteiger partial charge < -0.3 is 15.3 Å². The van der Waals surface area contributed by atoms with E-state index in [1.807, 2.05) is 0 Å². The van der Waals surface area contributed by atoms with E-state index >= 15 is 0 Å². The zero-order valence-corrected chi connectivity index (χ0v) is 21.2. The van der Waals surface area contributed by atoms with Crippen molar-refractivity contribution in [2.45, 2.75) is 55.0 Å². The van der Waals surface area contributed by atoms with Gasteiger partial charge in [-0.05, 0) is 23.8 Å². The number of fused-ring (bicyclic) bond motifs is 1. The predicted octanol–water partition coefficient (Wildman–Crippen LogP) is 4.10. The molecule has 0 aromatic heterocycles. The van der Waals surface area contributed by atoms with Crippen molar-refractivity contribution >= 4 is 44.8 Å². The summed E-state index contributed by atoms with van der Waals surface area (Å²) in [5.41, 5.74) is 1.06. The van der Waals surface area contributed by atoms with Crippen LogP contribution >= 0.6 is 23.2 Å². The number of rotatable bonds is 7. The Morgan fingerprint density at radius 3 is 2.46 bits per heavy atom. The number of aliphatic imine (C=N–C) groups is 1. The lowest BCUT2D eigenvalue weighted by atomic mass is 9.94. The highest BCUT2D eigenvalue weighted by Gasteiger charge is 2.42. The Morgan fingerprint density at radius 2 is 1.89 bits per heavy atom. The second-order valence-corrected chi connectivity index (χ2v) is 11.9. The van der Waals surface area contributed by atoms with E-state index in [9.17, 15) is 27.1 Å². The molecule has 1 aromatic carbocycles. The Hall–Kier alpha value is -2.17. The lowest BCUT2D eigenvalue weighted by Gasteiger charge is -2.37. The standard InChI is InChI=1S/C23H25Cl2F2N3O4S/c1-2-35(33,34)14-5-3-13(4-6-14)15(11-18(31)32)22-28-17-12-16(24)21(19(25)20(17)29-22)30-9-7-23(26,27)8-10-30/h3-6,12,15,17,20H,2,7-11H2,1H3,(H,28,29)(H,31,32). The van der Waals surface area contributed by atoms with E-state index in [1.54, 1.807) is 30.0 Å². The second-order valence-electron chi connectivity index (χ2n) is 8.81. The lowest BCUT2D eigenvalue weighted by Crippen LogP contribution is -2.43. The first-order chi connectivity index (χ1) is 16.4. The smallest absolute Gasteiger partial charge is 0.304 e. The number of carboxylic acid groups (broad SMARTS) is 1. The number of nitrogens with one attached hydrogen (secondary N) is 1. The molecule has 1 aromatic rings. The quantitative estimate of drug-likeness (QED) is 0.533. The molecule has 4 rings (SSSR count). The van der Waals surface area contributed by atoms with Crippen LogP contribution < -0.4 is 5.32 Å². The number of carboxylic acids is 1. The number of halogens is 4. The summed E-state index contributed by atoms with van der Waals surface area (Å²) in [6, 6.07) is 5.08. The van der Waals surface area contributed by atoms with E-state index < -0.39 is 39.7 Å². The van der Waals surface area contributed by atoms with Crippen LogP contribution in [0.25, 0.3) is 0 Å². The number of hydrogen-bond acceptors (Lipinski definition) is 6. The molecule has 2 heterocycles. The third-order valence-electron chi connectivity index (χ3n) is 6.51. The maximum atomic E-state index is 13.6. The van der Waals surface area contributed by atoms with Gasteiger partial charge in [-0.1, -0.05) is 42.3 Å². The van der Waals surface area contributed by atoms with Crippen molar-refractivity contribution in [3.05, 3.63) is 51.7 Å². The van der Waals surface area contributed by atoms with Gasteiger partial charge in [0, 0.05) is 25.9 Å². The van der Waals surface area contributed by atoms with E-state index in [0.29, 0.717) is 27.2 Å². The Morgan fingerprint density at radius 1 is 1.26 bits per heavy atom. The molecule has 3 aliphatic rings. The SMILES string of the molecule is CCS(=O)(=O)c1ccc(C(CC(=O)O)C2=NC3C(Cl)=C(N4CCC(F)(F)CC4)C(Cl)=CC3N2)cc1. The molecule has 1 saturated heterocycles. The number of piperidine rings is 1. The molecule has 1 fully saturated rings. The fourth-order valence-electron chi connectivity index (χ4n) is 4.53. The van der Waals surface area contributed by atoms with Crippen molar-refractivity contribution in [3.8, 4) is 0 Å².